The third-order valence-electron chi connectivity index (χ3n) is 1.51. The van der Waals surface area contributed by atoms with Crippen molar-refractivity contribution >= 4 is 5.71 Å². The number of nitrogens with two attached hydrogens (primary N) is 1. The van der Waals surface area contributed by atoms with E-state index in [1.165, 1.54) is 0 Å². The number of hydrogen-bond acceptors (Lipinski definition) is 2. The fourth-order valence-corrected chi connectivity index (χ4v) is 0.661. The van der Waals surface area contributed by atoms with Crippen LogP contribution < -0.4 is 5.73 Å². The second kappa shape index (κ2) is 4.58. The van der Waals surface area contributed by atoms with Crippen LogP contribution in [0, 0.1) is 0 Å². The summed E-state index contributed by atoms with van der Waals surface area (Å²) in [6.07, 6.45) is -9.66. The van der Waals surface area contributed by atoms with Gasteiger partial charge in [-0.2, -0.15) is 26.3 Å². The average Bonchev–Trinajstić information content (AvgIpc) is 2.09. The molecule has 0 aliphatic carbocycles. The van der Waals surface area contributed by atoms with Crippen LogP contribution in [0.1, 0.15) is 0 Å². The summed E-state index contributed by atoms with van der Waals surface area (Å²) in [6, 6.07) is 0. The molecule has 16 heavy (non-hydrogen) atoms. The quantitative estimate of drug-likeness (QED) is 0.590. The summed E-state index contributed by atoms with van der Waals surface area (Å²) in [5.41, 5.74) is 0.447. The minimum atomic E-state index is -4.90. The fourth-order valence-electron chi connectivity index (χ4n) is 0.661. The molecule has 0 saturated carbocycles. The van der Waals surface area contributed by atoms with Gasteiger partial charge in [0.15, 0.2) is 0 Å². The van der Waals surface area contributed by atoms with E-state index in [1.54, 1.807) is 0 Å². The second-order valence-corrected chi connectivity index (χ2v) is 2.68. The Kier molecular flexibility index (Phi) is 4.16. The maximum Gasteiger partial charge on any atom is 0.430 e. The van der Waals surface area contributed by atoms with Gasteiger partial charge in [-0.1, -0.05) is 6.58 Å². The monoisotopic (exact) mass is 246 g/mol. The van der Waals surface area contributed by atoms with Gasteiger partial charge in [-0.05, 0) is 6.08 Å². The summed E-state index contributed by atoms with van der Waals surface area (Å²) < 4.78 is 72.1. The van der Waals surface area contributed by atoms with Crippen LogP contribution in [0.4, 0.5) is 26.3 Å². The van der Waals surface area contributed by atoms with Crippen molar-refractivity contribution in [1.29, 1.82) is 0 Å². The van der Waals surface area contributed by atoms with Crippen LogP contribution in [0.5, 0.6) is 0 Å². The second-order valence-electron chi connectivity index (χ2n) is 2.68. The molecule has 0 aliphatic heterocycles. The molecule has 2 nitrogen and oxygen atoms in total. The van der Waals surface area contributed by atoms with Gasteiger partial charge in [0, 0.05) is 7.05 Å². The smallest absolute Gasteiger partial charge is 0.395 e. The molecule has 0 aliphatic rings. The highest BCUT2D eigenvalue weighted by atomic mass is 19.4. The third kappa shape index (κ3) is 3.95. The van der Waals surface area contributed by atoms with E-state index in [-0.39, 0.29) is 6.08 Å². The van der Waals surface area contributed by atoms with Crippen molar-refractivity contribution in [3.8, 4) is 0 Å². The minimum absolute atomic E-state index is 0.0931. The zero-order chi connectivity index (χ0) is 13.1. The van der Waals surface area contributed by atoms with Crippen LogP contribution in [0.3, 0.4) is 0 Å². The number of halogens is 6. The molecule has 0 aromatic heterocycles. The van der Waals surface area contributed by atoms with Crippen LogP contribution in [0.15, 0.2) is 28.9 Å². The largest absolute Gasteiger partial charge is 0.430 e. The summed E-state index contributed by atoms with van der Waals surface area (Å²) in [5.74, 6) is 0. The highest BCUT2D eigenvalue weighted by Gasteiger charge is 2.37. The predicted molar refractivity (Wildman–Crippen MR) is 46.9 cm³/mol. The Balaban J connectivity index is 5.17. The van der Waals surface area contributed by atoms with Crippen LogP contribution in [-0.4, -0.2) is 25.1 Å². The van der Waals surface area contributed by atoms with E-state index in [4.69, 9.17) is 0 Å². The van der Waals surface area contributed by atoms with Gasteiger partial charge >= 0.3 is 12.4 Å². The Morgan fingerprint density at radius 1 is 1.12 bits per heavy atom. The lowest BCUT2D eigenvalue weighted by atomic mass is 10.1. The molecule has 0 amide bonds. The Bertz CT molecular complexity index is 333. The van der Waals surface area contributed by atoms with Gasteiger partial charge in [-0.25, -0.2) is 0 Å². The Morgan fingerprint density at radius 2 is 1.56 bits per heavy atom. The molecule has 2 N–H and O–H groups in total. The molecule has 0 atom stereocenters. The first-order chi connectivity index (χ1) is 7.00. The molecule has 0 radical (unpaired) electrons. The highest BCUT2D eigenvalue weighted by Crippen LogP contribution is 2.27. The van der Waals surface area contributed by atoms with E-state index >= 15 is 0 Å². The van der Waals surface area contributed by atoms with Crippen LogP contribution in [0.2, 0.25) is 0 Å². The van der Waals surface area contributed by atoms with Gasteiger partial charge in [0.05, 0.1) is 11.3 Å². The van der Waals surface area contributed by atoms with Crippen LogP contribution in [0.25, 0.3) is 0 Å². The van der Waals surface area contributed by atoms with Crippen molar-refractivity contribution in [2.75, 3.05) is 7.05 Å². The maximum atomic E-state index is 12.1. The third-order valence-corrected chi connectivity index (χ3v) is 1.51. The normalized spacial score (nSPS) is 15.2. The molecular weight excluding hydrogens is 238 g/mol. The predicted octanol–water partition coefficient (Wildman–Crippen LogP) is 2.58. The Morgan fingerprint density at radius 3 is 1.81 bits per heavy atom. The maximum absolute atomic E-state index is 12.1. The summed E-state index contributed by atoms with van der Waals surface area (Å²) in [7, 11) is 0.909. The van der Waals surface area contributed by atoms with E-state index in [9.17, 15) is 26.3 Å². The van der Waals surface area contributed by atoms with Gasteiger partial charge < -0.3 is 5.73 Å². The summed E-state index contributed by atoms with van der Waals surface area (Å²) in [4.78, 5) is 3.05. The lowest BCUT2D eigenvalue weighted by Crippen LogP contribution is -2.23. The molecule has 0 fully saturated rings. The fraction of sp³-hybridized carbons (Fsp3) is 0.375. The van der Waals surface area contributed by atoms with Crippen molar-refractivity contribution in [2.24, 2.45) is 10.7 Å². The van der Waals surface area contributed by atoms with E-state index in [0.29, 0.717) is 0 Å². The van der Waals surface area contributed by atoms with Gasteiger partial charge in [0.1, 0.15) is 5.70 Å². The van der Waals surface area contributed by atoms with E-state index in [1.807, 2.05) is 0 Å². The molecule has 92 valence electrons. The molecule has 0 aromatic rings. The van der Waals surface area contributed by atoms with Crippen molar-refractivity contribution in [1.82, 2.24) is 0 Å². The van der Waals surface area contributed by atoms with Gasteiger partial charge in [0.25, 0.3) is 0 Å². The molecule has 0 spiro atoms. The lowest BCUT2D eigenvalue weighted by molar-refractivity contribution is -0.0931. The van der Waals surface area contributed by atoms with Crippen LogP contribution >= 0.6 is 0 Å². The molecule has 0 unspecified atom stereocenters. The standard InChI is InChI=1S/C8H8F6N2/c1-4(7(9,10)11)5(16-2)3-6(15)8(12,13)14/h3H,1,15H2,2H3. The summed E-state index contributed by atoms with van der Waals surface area (Å²) >= 11 is 0. The number of rotatable bonds is 2. The number of nitrogens with zero attached hydrogens (tertiary/aromatic N) is 1. The lowest BCUT2D eigenvalue weighted by Gasteiger charge is -2.11. The van der Waals surface area contributed by atoms with Gasteiger partial charge in [0.2, 0.25) is 0 Å². The van der Waals surface area contributed by atoms with Crippen molar-refractivity contribution in [3.63, 3.8) is 0 Å². The molecule has 0 aromatic carbocycles. The first-order valence-corrected chi connectivity index (χ1v) is 3.77. The average molecular weight is 246 g/mol. The van der Waals surface area contributed by atoms with Crippen LogP contribution in [-0.2, 0) is 0 Å². The van der Waals surface area contributed by atoms with Gasteiger partial charge in [-0.3, -0.25) is 4.99 Å². The highest BCUT2D eigenvalue weighted by molar-refractivity contribution is 6.09. The molecule has 0 bridgehead atoms. The zero-order valence-corrected chi connectivity index (χ0v) is 8.08. The Hall–Kier alpha value is -1.47. The minimum Gasteiger partial charge on any atom is -0.395 e. The molecular formula is C8H8F6N2. The molecule has 8 heteroatoms. The van der Waals surface area contributed by atoms with Crippen molar-refractivity contribution < 1.29 is 26.3 Å². The number of aliphatic imine (C=N–C) groups is 1. The number of allylic oxidation sites excluding steroid dienone is 3. The zero-order valence-electron chi connectivity index (χ0n) is 8.08. The number of alkyl halides is 6. The van der Waals surface area contributed by atoms with Crippen molar-refractivity contribution in [3.05, 3.63) is 23.9 Å². The number of hydrogen-bond donors (Lipinski definition) is 1. The van der Waals surface area contributed by atoms with Crippen molar-refractivity contribution in [2.45, 2.75) is 12.4 Å². The summed E-state index contributed by atoms with van der Waals surface area (Å²) in [6.45, 7) is 2.61. The van der Waals surface area contributed by atoms with E-state index in [2.05, 4.69) is 17.3 Å². The molecule has 0 rings (SSSR count). The first kappa shape index (κ1) is 14.5. The Labute approximate surface area is 87.1 Å². The summed E-state index contributed by atoms with van der Waals surface area (Å²) in [5, 5.41) is 0. The molecule has 0 heterocycles. The van der Waals surface area contributed by atoms with Gasteiger partial charge in [-0.15, -0.1) is 0 Å². The van der Waals surface area contributed by atoms with E-state index < -0.39 is 29.3 Å². The van der Waals surface area contributed by atoms with E-state index in [0.717, 1.165) is 7.05 Å². The SMILES string of the molecule is C=C(C(C=C(N)C(F)(F)F)=NC)C(F)(F)F. The molecule has 0 saturated heterocycles. The first-order valence-electron chi connectivity index (χ1n) is 3.77. The topological polar surface area (TPSA) is 38.4 Å².